The zero-order valence-electron chi connectivity index (χ0n) is 8.24. The smallest absolute Gasteiger partial charge is 0.160 e. The Morgan fingerprint density at radius 2 is 1.94 bits per heavy atom. The first-order valence-corrected chi connectivity index (χ1v) is 4.58. The van der Waals surface area contributed by atoms with Gasteiger partial charge in [-0.3, -0.25) is 4.98 Å². The van der Waals surface area contributed by atoms with Crippen molar-refractivity contribution in [1.82, 2.24) is 4.98 Å². The largest absolute Gasteiger partial charge is 0.396 e. The van der Waals surface area contributed by atoms with Crippen LogP contribution in [0.3, 0.4) is 0 Å². The van der Waals surface area contributed by atoms with Crippen molar-refractivity contribution in [3.8, 4) is 0 Å². The molecule has 0 unspecified atom stereocenters. The summed E-state index contributed by atoms with van der Waals surface area (Å²) in [5.41, 5.74) is 7.11. The van der Waals surface area contributed by atoms with Gasteiger partial charge in [-0.05, 0) is 18.2 Å². The molecular weight excluding hydrogens is 212 g/mol. The lowest BCUT2D eigenvalue weighted by molar-refractivity contribution is 0.509. The fourth-order valence-corrected chi connectivity index (χ4v) is 1.25. The van der Waals surface area contributed by atoms with Gasteiger partial charge in [0.05, 0.1) is 17.6 Å². The lowest BCUT2D eigenvalue weighted by Gasteiger charge is -2.08. The first-order chi connectivity index (χ1) is 7.66. The molecule has 0 saturated carbocycles. The van der Waals surface area contributed by atoms with Gasteiger partial charge in [-0.25, -0.2) is 8.78 Å². The minimum absolute atomic E-state index is 0.428. The van der Waals surface area contributed by atoms with Crippen molar-refractivity contribution in [2.75, 3.05) is 11.1 Å². The Morgan fingerprint density at radius 3 is 2.62 bits per heavy atom. The van der Waals surface area contributed by atoms with E-state index in [0.29, 0.717) is 17.1 Å². The summed E-state index contributed by atoms with van der Waals surface area (Å²) < 4.78 is 25.6. The van der Waals surface area contributed by atoms with E-state index in [2.05, 4.69) is 10.3 Å². The number of rotatable bonds is 2. The SMILES string of the molecule is Nc1cnccc1Nc1ccc(F)c(F)c1. The number of nitrogens with zero attached hydrogens (tertiary/aromatic N) is 1. The topological polar surface area (TPSA) is 50.9 Å². The molecule has 1 heterocycles. The normalized spacial score (nSPS) is 10.1. The molecule has 0 aliphatic heterocycles. The van der Waals surface area contributed by atoms with Gasteiger partial charge in [0.1, 0.15) is 0 Å². The number of benzene rings is 1. The molecule has 0 spiro atoms. The van der Waals surface area contributed by atoms with Gasteiger partial charge < -0.3 is 11.1 Å². The number of halogens is 2. The van der Waals surface area contributed by atoms with Crippen molar-refractivity contribution in [2.45, 2.75) is 0 Å². The Kier molecular flexibility index (Phi) is 2.68. The molecule has 0 radical (unpaired) electrons. The van der Waals surface area contributed by atoms with Crippen LogP contribution in [0, 0.1) is 11.6 Å². The standard InChI is InChI=1S/C11H9F2N3/c12-8-2-1-7(5-9(8)13)16-11-3-4-15-6-10(11)14/h1-6H,14H2,(H,15,16). The fourth-order valence-electron chi connectivity index (χ4n) is 1.25. The lowest BCUT2D eigenvalue weighted by Crippen LogP contribution is -1.97. The van der Waals surface area contributed by atoms with Crippen LogP contribution in [0.4, 0.5) is 25.8 Å². The second kappa shape index (κ2) is 4.14. The zero-order valence-corrected chi connectivity index (χ0v) is 8.24. The van der Waals surface area contributed by atoms with E-state index in [-0.39, 0.29) is 0 Å². The summed E-state index contributed by atoms with van der Waals surface area (Å²) in [6.45, 7) is 0. The van der Waals surface area contributed by atoms with Crippen LogP contribution in [0.15, 0.2) is 36.7 Å². The maximum absolute atomic E-state index is 12.9. The number of anilines is 3. The third kappa shape index (κ3) is 2.08. The predicted octanol–water partition coefficient (Wildman–Crippen LogP) is 2.69. The number of hydrogen-bond acceptors (Lipinski definition) is 3. The molecule has 0 aliphatic carbocycles. The first-order valence-electron chi connectivity index (χ1n) is 4.58. The van der Waals surface area contributed by atoms with E-state index in [0.717, 1.165) is 12.1 Å². The van der Waals surface area contributed by atoms with E-state index in [4.69, 9.17) is 5.73 Å². The Morgan fingerprint density at radius 1 is 1.12 bits per heavy atom. The maximum Gasteiger partial charge on any atom is 0.160 e. The molecule has 0 fully saturated rings. The summed E-state index contributed by atoms with van der Waals surface area (Å²) in [7, 11) is 0. The van der Waals surface area contributed by atoms with Gasteiger partial charge in [0, 0.05) is 18.0 Å². The summed E-state index contributed by atoms with van der Waals surface area (Å²) in [5, 5.41) is 2.87. The van der Waals surface area contributed by atoms with Crippen LogP contribution in [0.1, 0.15) is 0 Å². The fraction of sp³-hybridized carbons (Fsp3) is 0. The highest BCUT2D eigenvalue weighted by molar-refractivity contribution is 5.71. The average molecular weight is 221 g/mol. The Balaban J connectivity index is 2.28. The summed E-state index contributed by atoms with van der Waals surface area (Å²) >= 11 is 0. The maximum atomic E-state index is 12.9. The van der Waals surface area contributed by atoms with E-state index in [1.54, 1.807) is 12.3 Å². The molecule has 0 saturated heterocycles. The van der Waals surface area contributed by atoms with Gasteiger partial charge >= 0.3 is 0 Å². The van der Waals surface area contributed by atoms with Gasteiger partial charge in [0.15, 0.2) is 11.6 Å². The molecule has 0 bridgehead atoms. The quantitative estimate of drug-likeness (QED) is 0.819. The highest BCUT2D eigenvalue weighted by atomic mass is 19.2. The third-order valence-electron chi connectivity index (χ3n) is 2.05. The minimum atomic E-state index is -0.905. The minimum Gasteiger partial charge on any atom is -0.396 e. The Hall–Kier alpha value is -2.17. The summed E-state index contributed by atoms with van der Waals surface area (Å²) in [6.07, 6.45) is 3.03. The molecule has 16 heavy (non-hydrogen) atoms. The number of pyridine rings is 1. The first kappa shape index (κ1) is 10.4. The zero-order chi connectivity index (χ0) is 11.5. The van der Waals surface area contributed by atoms with Gasteiger partial charge in [0.2, 0.25) is 0 Å². The van der Waals surface area contributed by atoms with E-state index in [1.807, 2.05) is 0 Å². The van der Waals surface area contributed by atoms with Crippen LogP contribution in [0.25, 0.3) is 0 Å². The number of nitrogens with one attached hydrogen (secondary N) is 1. The molecule has 3 nitrogen and oxygen atoms in total. The van der Waals surface area contributed by atoms with Crippen molar-refractivity contribution in [3.63, 3.8) is 0 Å². The molecule has 1 aromatic carbocycles. The van der Waals surface area contributed by atoms with Crippen LogP contribution in [-0.4, -0.2) is 4.98 Å². The van der Waals surface area contributed by atoms with Crippen LogP contribution in [0.5, 0.6) is 0 Å². The molecule has 1 aromatic heterocycles. The molecule has 3 N–H and O–H groups in total. The summed E-state index contributed by atoms with van der Waals surface area (Å²) in [5.74, 6) is -1.79. The van der Waals surface area contributed by atoms with Crippen LogP contribution >= 0.6 is 0 Å². The summed E-state index contributed by atoms with van der Waals surface area (Å²) in [4.78, 5) is 3.82. The number of aromatic nitrogens is 1. The van der Waals surface area contributed by atoms with Crippen molar-refractivity contribution >= 4 is 17.1 Å². The van der Waals surface area contributed by atoms with Crippen molar-refractivity contribution < 1.29 is 8.78 Å². The molecule has 0 atom stereocenters. The van der Waals surface area contributed by atoms with Crippen molar-refractivity contribution in [1.29, 1.82) is 0 Å². The van der Waals surface area contributed by atoms with Crippen LogP contribution in [-0.2, 0) is 0 Å². The lowest BCUT2D eigenvalue weighted by atomic mass is 10.2. The molecule has 0 aliphatic rings. The van der Waals surface area contributed by atoms with Gasteiger partial charge in [-0.15, -0.1) is 0 Å². The van der Waals surface area contributed by atoms with E-state index in [9.17, 15) is 8.78 Å². The van der Waals surface area contributed by atoms with E-state index < -0.39 is 11.6 Å². The van der Waals surface area contributed by atoms with Gasteiger partial charge in [0.25, 0.3) is 0 Å². The van der Waals surface area contributed by atoms with Crippen LogP contribution in [0.2, 0.25) is 0 Å². The number of hydrogen-bond donors (Lipinski definition) is 2. The molecule has 2 rings (SSSR count). The Bertz CT molecular complexity index is 514. The molecule has 82 valence electrons. The van der Waals surface area contributed by atoms with Crippen LogP contribution < -0.4 is 11.1 Å². The average Bonchev–Trinajstić information content (AvgIpc) is 2.27. The van der Waals surface area contributed by atoms with Gasteiger partial charge in [-0.2, -0.15) is 0 Å². The number of nitrogens with two attached hydrogens (primary N) is 1. The molecule has 5 heteroatoms. The second-order valence-electron chi connectivity index (χ2n) is 3.22. The predicted molar refractivity (Wildman–Crippen MR) is 58.3 cm³/mol. The van der Waals surface area contributed by atoms with Crippen molar-refractivity contribution in [3.05, 3.63) is 48.3 Å². The highest BCUT2D eigenvalue weighted by Crippen LogP contribution is 2.22. The van der Waals surface area contributed by atoms with Crippen molar-refractivity contribution in [2.24, 2.45) is 0 Å². The third-order valence-corrected chi connectivity index (χ3v) is 2.05. The summed E-state index contributed by atoms with van der Waals surface area (Å²) in [6, 6.07) is 5.19. The van der Waals surface area contributed by atoms with Gasteiger partial charge in [-0.1, -0.05) is 0 Å². The molecular formula is C11H9F2N3. The monoisotopic (exact) mass is 221 g/mol. The Labute approximate surface area is 90.9 Å². The molecule has 2 aromatic rings. The second-order valence-corrected chi connectivity index (χ2v) is 3.22. The molecule has 0 amide bonds. The van der Waals surface area contributed by atoms with E-state index in [1.165, 1.54) is 12.3 Å². The highest BCUT2D eigenvalue weighted by Gasteiger charge is 2.03. The number of nitrogen functional groups attached to an aromatic ring is 1. The van der Waals surface area contributed by atoms with E-state index >= 15 is 0 Å².